The number of rotatable bonds is 11. The minimum Gasteiger partial charge on any atom is -0.370 e. The van der Waals surface area contributed by atoms with E-state index >= 15 is 0 Å². The van der Waals surface area contributed by atoms with Gasteiger partial charge in [-0.2, -0.15) is 0 Å². The Morgan fingerprint density at radius 2 is 1.22 bits per heavy atom. The van der Waals surface area contributed by atoms with E-state index in [9.17, 15) is 28.8 Å². The van der Waals surface area contributed by atoms with Gasteiger partial charge in [0, 0.05) is 26.1 Å². The maximum absolute atomic E-state index is 13.9. The molecule has 0 spiro atoms. The molecule has 17 heteroatoms. The Labute approximate surface area is 318 Å². The smallest absolute Gasteiger partial charge is 0.243 e. The van der Waals surface area contributed by atoms with Gasteiger partial charge in [0.15, 0.2) is 5.96 Å². The predicted octanol–water partition coefficient (Wildman–Crippen LogP) is -1.22. The lowest BCUT2D eigenvalue weighted by atomic mass is 9.98. The second kappa shape index (κ2) is 23.8. The molecule has 1 aromatic rings. The predicted molar refractivity (Wildman–Crippen MR) is 207 cm³/mol. The molecule has 14 N–H and O–H groups in total. The van der Waals surface area contributed by atoms with Gasteiger partial charge in [0.2, 0.25) is 35.4 Å². The van der Waals surface area contributed by atoms with Crippen LogP contribution in [0.1, 0.15) is 84.6 Å². The number of carbonyl (C=O) groups is 6. The van der Waals surface area contributed by atoms with Crippen molar-refractivity contribution in [2.45, 2.75) is 122 Å². The molecule has 6 amide bonds. The number of nitrogens with zero attached hydrogens (tertiary/aromatic N) is 1. The summed E-state index contributed by atoms with van der Waals surface area (Å²) in [5.41, 5.74) is 23.8. The number of nitrogens with one attached hydrogen (secondary N) is 6. The summed E-state index contributed by atoms with van der Waals surface area (Å²) in [4.78, 5) is 85.0. The van der Waals surface area contributed by atoms with Crippen molar-refractivity contribution < 1.29 is 28.8 Å². The minimum absolute atomic E-state index is 0.0175. The van der Waals surface area contributed by atoms with Crippen LogP contribution in [-0.2, 0) is 35.2 Å². The van der Waals surface area contributed by atoms with Crippen molar-refractivity contribution in [1.29, 1.82) is 0 Å². The number of nitrogens with two attached hydrogens (primary N) is 4. The Morgan fingerprint density at radius 3 is 1.80 bits per heavy atom. The first-order valence-electron chi connectivity index (χ1n) is 18.9. The fourth-order valence-corrected chi connectivity index (χ4v) is 5.89. The van der Waals surface area contributed by atoms with Crippen molar-refractivity contribution in [3.8, 4) is 0 Å². The van der Waals surface area contributed by atoms with Crippen LogP contribution in [0, 0.1) is 11.8 Å². The second-order valence-corrected chi connectivity index (χ2v) is 14.7. The van der Waals surface area contributed by atoms with Gasteiger partial charge in [-0.1, -0.05) is 58.0 Å². The second-order valence-electron chi connectivity index (χ2n) is 14.7. The molecule has 1 aromatic carbocycles. The van der Waals surface area contributed by atoms with Gasteiger partial charge in [-0.15, -0.1) is 0 Å². The molecule has 1 heterocycles. The summed E-state index contributed by atoms with van der Waals surface area (Å²) in [5, 5.41) is 16.6. The van der Waals surface area contributed by atoms with Crippen LogP contribution in [0.4, 0.5) is 0 Å². The van der Waals surface area contributed by atoms with E-state index in [0.717, 1.165) is 5.56 Å². The quantitative estimate of drug-likeness (QED) is 0.0729. The minimum atomic E-state index is -1.20. The highest BCUT2D eigenvalue weighted by atomic mass is 16.2. The van der Waals surface area contributed by atoms with E-state index in [1.165, 1.54) is 0 Å². The maximum atomic E-state index is 13.9. The molecule has 0 aliphatic carbocycles. The van der Waals surface area contributed by atoms with Crippen LogP contribution in [0.5, 0.6) is 0 Å². The zero-order chi connectivity index (χ0) is 40.2. The summed E-state index contributed by atoms with van der Waals surface area (Å²) in [5.74, 6) is -3.45. The molecule has 0 bridgehead atoms. The fraction of sp³-hybridized carbons (Fsp3) is 0.649. The zero-order valence-electron chi connectivity index (χ0n) is 32.2. The van der Waals surface area contributed by atoms with Crippen molar-refractivity contribution >= 4 is 41.4 Å². The Balaban J connectivity index is 2.44. The van der Waals surface area contributed by atoms with E-state index in [2.05, 4.69) is 36.9 Å². The summed E-state index contributed by atoms with van der Waals surface area (Å²) in [7, 11) is 0. The number of amides is 6. The lowest BCUT2D eigenvalue weighted by Crippen LogP contribution is -2.60. The highest BCUT2D eigenvalue weighted by Gasteiger charge is 2.33. The summed E-state index contributed by atoms with van der Waals surface area (Å²) in [6.45, 7) is 7.99. The third kappa shape index (κ3) is 17.4. The van der Waals surface area contributed by atoms with Gasteiger partial charge in [0.25, 0.3) is 0 Å². The van der Waals surface area contributed by atoms with Crippen LogP contribution in [0.15, 0.2) is 35.3 Å². The molecule has 0 radical (unpaired) electrons. The van der Waals surface area contributed by atoms with Gasteiger partial charge in [0.05, 0.1) is 6.04 Å². The topological polar surface area (TPSA) is 291 Å². The molecular formula is C37H63N11O6. The molecule has 17 nitrogen and oxygen atoms in total. The Bertz CT molecular complexity index is 1400. The molecule has 0 saturated carbocycles. The third-order valence-corrected chi connectivity index (χ3v) is 8.83. The molecular weight excluding hydrogens is 694 g/mol. The molecule has 1 fully saturated rings. The van der Waals surface area contributed by atoms with Gasteiger partial charge in [-0.25, -0.2) is 0 Å². The molecule has 6 atom stereocenters. The summed E-state index contributed by atoms with van der Waals surface area (Å²) < 4.78 is 0. The van der Waals surface area contributed by atoms with Crippen LogP contribution in [0.3, 0.4) is 0 Å². The maximum Gasteiger partial charge on any atom is 0.243 e. The number of benzene rings is 1. The monoisotopic (exact) mass is 757 g/mol. The first-order chi connectivity index (χ1) is 25.6. The average Bonchev–Trinajstić information content (AvgIpc) is 3.11. The van der Waals surface area contributed by atoms with Crippen LogP contribution in [0.25, 0.3) is 0 Å². The molecule has 302 valence electrons. The lowest BCUT2D eigenvalue weighted by molar-refractivity contribution is -0.135. The Morgan fingerprint density at radius 1 is 0.667 bits per heavy atom. The molecule has 1 aliphatic heterocycles. The first kappa shape index (κ1) is 45.4. The Hall–Kier alpha value is -4.77. The fourth-order valence-electron chi connectivity index (χ4n) is 5.89. The van der Waals surface area contributed by atoms with E-state index in [0.29, 0.717) is 38.6 Å². The van der Waals surface area contributed by atoms with Crippen molar-refractivity contribution in [2.24, 2.45) is 39.8 Å². The van der Waals surface area contributed by atoms with Gasteiger partial charge < -0.3 is 54.8 Å². The Kier molecular flexibility index (Phi) is 20.0. The van der Waals surface area contributed by atoms with Crippen molar-refractivity contribution in [3.63, 3.8) is 0 Å². The van der Waals surface area contributed by atoms with E-state index in [-0.39, 0.29) is 56.6 Å². The number of guanidine groups is 1. The normalized spacial score (nSPS) is 24.7. The average molecular weight is 758 g/mol. The highest BCUT2D eigenvalue weighted by Crippen LogP contribution is 2.12. The van der Waals surface area contributed by atoms with Crippen molar-refractivity contribution in [1.82, 2.24) is 31.9 Å². The number of aliphatic imine (C=N–C) groups is 1. The van der Waals surface area contributed by atoms with E-state index in [4.69, 9.17) is 22.9 Å². The van der Waals surface area contributed by atoms with Gasteiger partial charge in [0.1, 0.15) is 30.2 Å². The molecule has 0 unspecified atom stereocenters. The van der Waals surface area contributed by atoms with E-state index in [1.807, 2.05) is 33.8 Å². The molecule has 54 heavy (non-hydrogen) atoms. The zero-order valence-corrected chi connectivity index (χ0v) is 32.2. The summed E-state index contributed by atoms with van der Waals surface area (Å²) in [6, 6.07) is 2.80. The van der Waals surface area contributed by atoms with Crippen LogP contribution in [-0.4, -0.2) is 97.3 Å². The van der Waals surface area contributed by atoms with E-state index < -0.39 is 71.7 Å². The van der Waals surface area contributed by atoms with Crippen LogP contribution < -0.4 is 54.8 Å². The third-order valence-electron chi connectivity index (χ3n) is 8.83. The highest BCUT2D eigenvalue weighted by molar-refractivity contribution is 5.96. The van der Waals surface area contributed by atoms with Gasteiger partial charge in [-0.3, -0.25) is 33.8 Å². The van der Waals surface area contributed by atoms with Gasteiger partial charge >= 0.3 is 0 Å². The number of hydrogen-bond donors (Lipinski definition) is 10. The summed E-state index contributed by atoms with van der Waals surface area (Å²) >= 11 is 0. The van der Waals surface area contributed by atoms with Crippen LogP contribution in [0.2, 0.25) is 0 Å². The van der Waals surface area contributed by atoms with Crippen molar-refractivity contribution in [2.75, 3.05) is 19.6 Å². The number of carbonyl (C=O) groups excluding carboxylic acids is 6. The van der Waals surface area contributed by atoms with Gasteiger partial charge in [-0.05, 0) is 68.8 Å². The molecule has 0 aromatic heterocycles. The number of unbranched alkanes of at least 4 members (excludes halogenated alkanes) is 1. The molecule has 1 aliphatic rings. The lowest BCUT2D eigenvalue weighted by Gasteiger charge is -2.28. The first-order valence-corrected chi connectivity index (χ1v) is 18.9. The van der Waals surface area contributed by atoms with Crippen LogP contribution >= 0.6 is 0 Å². The largest absolute Gasteiger partial charge is 0.370 e. The molecule has 2 rings (SSSR count). The SMILES string of the molecule is CC(C)C[C@H]1NC(=O)[C@@H](CC(C)C)NC(=O)[C@@H](Cc2ccccc2)NC(=O)[C@H](N)CNC(=O)[C@@H](N)CCCCNC(=O)[C@H](CCCCN=C(N)N)NC1=O. The van der Waals surface area contributed by atoms with Crippen molar-refractivity contribution in [3.05, 3.63) is 35.9 Å². The standard InChI is InChI=1S/C37H63N11O6/c1-22(2)18-28-34(52)45-27(15-9-11-17-43-37(40)41)33(51)42-16-10-8-14-25(38)31(49)44-21-26(39)32(50)46-30(20-24-12-6-5-7-13-24)36(54)48-29(19-23(3)4)35(53)47-28/h5-7,12-13,22-23,25-30H,8-11,14-21,38-39H2,1-4H3,(H,42,51)(H,44,49)(H,45,52)(H,46,50)(H,47,53)(H,48,54)(H4,40,41,43)/t25-,26+,27-,28+,29+,30+/m0/s1. The van der Waals surface area contributed by atoms with E-state index in [1.54, 1.807) is 24.3 Å². The molecule has 1 saturated heterocycles. The number of hydrogen-bond acceptors (Lipinski definition) is 9. The summed E-state index contributed by atoms with van der Waals surface area (Å²) in [6.07, 6.45) is 3.27.